The van der Waals surface area contributed by atoms with Crippen LogP contribution >= 0.6 is 15.6 Å². The van der Waals surface area contributed by atoms with E-state index in [1.165, 1.54) is 289 Å². The maximum Gasteiger partial charge on any atom is 0.472 e. The Balaban J connectivity index is 5.24. The number of aliphatic hydroxyl groups excluding tert-OH is 1. The van der Waals surface area contributed by atoms with Crippen LogP contribution in [-0.4, -0.2) is 96.7 Å². The Morgan fingerprint density at radius 2 is 0.468 bits per heavy atom. The van der Waals surface area contributed by atoms with Gasteiger partial charge in [-0.05, 0) is 43.4 Å². The molecule has 0 bridgehead atoms. The summed E-state index contributed by atoms with van der Waals surface area (Å²) in [4.78, 5) is 73.4. The van der Waals surface area contributed by atoms with E-state index < -0.39 is 97.5 Å². The zero-order valence-electron chi connectivity index (χ0n) is 72.0. The van der Waals surface area contributed by atoms with E-state index in [1.54, 1.807) is 0 Å². The molecule has 0 saturated heterocycles. The van der Waals surface area contributed by atoms with Gasteiger partial charge < -0.3 is 33.8 Å². The minimum Gasteiger partial charge on any atom is -0.462 e. The Morgan fingerprint density at radius 1 is 0.266 bits per heavy atom. The third kappa shape index (κ3) is 82.4. The lowest BCUT2D eigenvalue weighted by Crippen LogP contribution is -2.30. The molecule has 3 N–H and O–H groups in total. The Bertz CT molecular complexity index is 2100. The zero-order valence-corrected chi connectivity index (χ0v) is 73.8. The molecule has 17 nitrogen and oxygen atoms in total. The van der Waals surface area contributed by atoms with Crippen LogP contribution in [0.2, 0.25) is 0 Å². The maximum atomic E-state index is 13.2. The highest BCUT2D eigenvalue weighted by molar-refractivity contribution is 7.47. The number of carbonyl (C=O) groups is 4. The summed E-state index contributed by atoms with van der Waals surface area (Å²) in [6, 6.07) is 0. The minimum absolute atomic E-state index is 0.108. The van der Waals surface area contributed by atoms with Crippen LogP contribution in [0.3, 0.4) is 0 Å². The Hall–Kier alpha value is -1.94. The van der Waals surface area contributed by atoms with Crippen LogP contribution in [0.1, 0.15) is 479 Å². The van der Waals surface area contributed by atoms with Gasteiger partial charge in [0.2, 0.25) is 0 Å². The highest BCUT2D eigenvalue weighted by atomic mass is 31.2. The molecule has 3 unspecified atom stereocenters. The van der Waals surface area contributed by atoms with Crippen LogP contribution in [-0.2, 0) is 65.4 Å². The minimum atomic E-state index is -4.97. The molecule has 109 heavy (non-hydrogen) atoms. The van der Waals surface area contributed by atoms with Crippen molar-refractivity contribution in [2.75, 3.05) is 39.6 Å². The molecule has 0 aromatic heterocycles. The van der Waals surface area contributed by atoms with Crippen molar-refractivity contribution in [2.24, 2.45) is 17.8 Å². The van der Waals surface area contributed by atoms with Gasteiger partial charge in [0.15, 0.2) is 12.2 Å². The molecular weight excluding hydrogens is 1410 g/mol. The van der Waals surface area contributed by atoms with Crippen molar-refractivity contribution >= 4 is 39.5 Å². The van der Waals surface area contributed by atoms with Crippen molar-refractivity contribution in [1.29, 1.82) is 0 Å². The third-order valence-electron chi connectivity index (χ3n) is 21.5. The van der Waals surface area contributed by atoms with Gasteiger partial charge >= 0.3 is 39.5 Å². The number of esters is 4. The molecule has 0 aliphatic rings. The number of carbonyl (C=O) groups excluding carboxylic acids is 4. The summed E-state index contributed by atoms with van der Waals surface area (Å²) in [7, 11) is -9.93. The van der Waals surface area contributed by atoms with Crippen molar-refractivity contribution in [1.82, 2.24) is 0 Å². The van der Waals surface area contributed by atoms with E-state index in [0.29, 0.717) is 25.7 Å². The number of phosphoric ester groups is 2. The highest BCUT2D eigenvalue weighted by Gasteiger charge is 2.31. The molecule has 6 atom stereocenters. The van der Waals surface area contributed by atoms with E-state index >= 15 is 0 Å². The van der Waals surface area contributed by atoms with Crippen molar-refractivity contribution < 1.29 is 80.2 Å². The van der Waals surface area contributed by atoms with Crippen molar-refractivity contribution in [2.45, 2.75) is 497 Å². The molecule has 0 rings (SSSR count). The van der Waals surface area contributed by atoms with Crippen LogP contribution in [0.5, 0.6) is 0 Å². The predicted molar refractivity (Wildman–Crippen MR) is 451 cm³/mol. The first kappa shape index (κ1) is 107. The molecule has 0 amide bonds. The summed E-state index contributed by atoms with van der Waals surface area (Å²) in [5, 5.41) is 10.7. The number of aliphatic hydroxyl groups is 1. The number of hydrogen-bond acceptors (Lipinski definition) is 15. The van der Waals surface area contributed by atoms with Crippen LogP contribution < -0.4 is 0 Å². The van der Waals surface area contributed by atoms with E-state index in [2.05, 4.69) is 48.5 Å². The standard InChI is InChI=1S/C90H176O17P2/c1-8-10-11-12-13-14-33-43-50-57-64-71-87(92)100-77-85(106-90(95)74-67-60-53-46-39-32-26-25-29-36-42-49-56-63-70-83(7)9-2)79-104-108(96,97)102-75-84(91)76-103-109(98,99)105-80-86(78-101-88(93)72-65-58-51-44-37-30-23-20-19-22-28-35-41-48-55-62-69-82(5)6)107-89(94)73-66-59-52-45-38-31-24-18-16-15-17-21-27-34-40-47-54-61-68-81(3)4/h81-86,91H,8-80H2,1-7H3,(H,96,97)(H,98,99)/t83?,84-,85+,86+/m0/s1. The zero-order chi connectivity index (χ0) is 80.0. The maximum absolute atomic E-state index is 13.2. The van der Waals surface area contributed by atoms with E-state index in [0.717, 1.165) is 108 Å². The predicted octanol–water partition coefficient (Wildman–Crippen LogP) is 27.6. The fourth-order valence-corrected chi connectivity index (χ4v) is 15.6. The van der Waals surface area contributed by atoms with Gasteiger partial charge in [-0.3, -0.25) is 37.3 Å². The molecule has 0 heterocycles. The van der Waals surface area contributed by atoms with Gasteiger partial charge in [-0.15, -0.1) is 0 Å². The van der Waals surface area contributed by atoms with Crippen molar-refractivity contribution in [3.8, 4) is 0 Å². The number of unbranched alkanes of at least 4 members (excludes halogenated alkanes) is 55. The van der Waals surface area contributed by atoms with Crippen LogP contribution in [0.25, 0.3) is 0 Å². The molecule has 0 aromatic rings. The lowest BCUT2D eigenvalue weighted by molar-refractivity contribution is -0.161. The Labute approximate surface area is 670 Å². The number of hydrogen-bond donors (Lipinski definition) is 3. The lowest BCUT2D eigenvalue weighted by atomic mass is 9.99. The van der Waals surface area contributed by atoms with E-state index in [4.69, 9.17) is 37.0 Å². The summed E-state index contributed by atoms with van der Waals surface area (Å²) < 4.78 is 69.0. The highest BCUT2D eigenvalue weighted by Crippen LogP contribution is 2.45. The number of rotatable bonds is 88. The van der Waals surface area contributed by atoms with Crippen LogP contribution in [0, 0.1) is 17.8 Å². The summed E-state index contributed by atoms with van der Waals surface area (Å²) in [6.07, 6.45) is 72.1. The summed E-state index contributed by atoms with van der Waals surface area (Å²) in [6.45, 7) is 12.1. The van der Waals surface area contributed by atoms with Gasteiger partial charge in [-0.2, -0.15) is 0 Å². The summed E-state index contributed by atoms with van der Waals surface area (Å²) in [5.41, 5.74) is 0. The van der Waals surface area contributed by atoms with E-state index in [-0.39, 0.29) is 25.7 Å². The summed E-state index contributed by atoms with van der Waals surface area (Å²) >= 11 is 0. The van der Waals surface area contributed by atoms with E-state index in [1.807, 2.05) is 0 Å². The topological polar surface area (TPSA) is 237 Å². The van der Waals surface area contributed by atoms with Crippen LogP contribution in [0.15, 0.2) is 0 Å². The summed E-state index contributed by atoms with van der Waals surface area (Å²) in [5.74, 6) is 0.381. The molecular formula is C90H176O17P2. The first-order valence-electron chi connectivity index (χ1n) is 46.4. The molecule has 0 fully saturated rings. The van der Waals surface area contributed by atoms with E-state index in [9.17, 15) is 43.2 Å². The van der Waals surface area contributed by atoms with Gasteiger partial charge in [0, 0.05) is 25.7 Å². The number of phosphoric acid groups is 2. The normalized spacial score (nSPS) is 14.1. The average molecular weight is 1590 g/mol. The molecule has 0 radical (unpaired) electrons. The molecule has 19 heteroatoms. The van der Waals surface area contributed by atoms with Crippen molar-refractivity contribution in [3.63, 3.8) is 0 Å². The molecule has 0 aromatic carbocycles. The second-order valence-electron chi connectivity index (χ2n) is 33.5. The largest absolute Gasteiger partial charge is 0.472 e. The first-order chi connectivity index (χ1) is 52.8. The van der Waals surface area contributed by atoms with Crippen molar-refractivity contribution in [3.05, 3.63) is 0 Å². The molecule has 0 saturated carbocycles. The Morgan fingerprint density at radius 3 is 0.697 bits per heavy atom. The van der Waals surface area contributed by atoms with Gasteiger partial charge in [0.1, 0.15) is 19.3 Å². The monoisotopic (exact) mass is 1590 g/mol. The Kier molecular flexibility index (Phi) is 78.5. The second kappa shape index (κ2) is 79.9. The first-order valence-corrected chi connectivity index (χ1v) is 49.4. The SMILES string of the molecule is CCCCCCCCCCCCCC(=O)OC[C@H](COP(=O)(O)OC[C@H](O)COP(=O)(O)OC[C@@H](COC(=O)CCCCCCCCCCCCCCCCCCC(C)C)OC(=O)CCCCCCCCCCCCCCCCCCCCC(C)C)OC(=O)CCCCCCCCCCCCCCCCC(C)CC. The average Bonchev–Trinajstić information content (AvgIpc) is 0.898. The molecule has 648 valence electrons. The molecule has 0 spiro atoms. The number of ether oxygens (including phenoxy) is 4. The molecule has 0 aliphatic heterocycles. The third-order valence-corrected chi connectivity index (χ3v) is 23.4. The quantitative estimate of drug-likeness (QED) is 0.0222. The van der Waals surface area contributed by atoms with Gasteiger partial charge in [-0.1, -0.05) is 427 Å². The smallest absolute Gasteiger partial charge is 0.462 e. The fourth-order valence-electron chi connectivity index (χ4n) is 14.0. The fraction of sp³-hybridized carbons (Fsp3) is 0.956. The second-order valence-corrected chi connectivity index (χ2v) is 36.4. The lowest BCUT2D eigenvalue weighted by Gasteiger charge is -2.21. The van der Waals surface area contributed by atoms with Gasteiger partial charge in [0.05, 0.1) is 26.4 Å². The van der Waals surface area contributed by atoms with Gasteiger partial charge in [0.25, 0.3) is 0 Å². The van der Waals surface area contributed by atoms with Gasteiger partial charge in [-0.25, -0.2) is 9.13 Å². The molecule has 0 aliphatic carbocycles. The van der Waals surface area contributed by atoms with Crippen LogP contribution in [0.4, 0.5) is 0 Å².